The molecule has 2 heterocycles. The van der Waals surface area contributed by atoms with Crippen molar-refractivity contribution < 1.29 is 40.6 Å². The van der Waals surface area contributed by atoms with Gasteiger partial charge in [0.1, 0.15) is 11.4 Å². The molecule has 1 spiro atoms. The number of carbonyl (C=O) groups is 1. The minimum Gasteiger partial charge on any atom is -0.486 e. The standard InChI is InChI=1S/C33H37F6NO3/c1-18(30(41)42-3)29(21-5-6-21)22-7-4-20-12-13-31(43-28(20)14-22)24-8-9-25(31)17-40(16-24)19(2)26-15-23(32(34,35)36)10-11-27(26)33(37,38)39/h4,7,10-11,14-15,18-19,21,24-25,29H,5-6,8-9,12-13,16-17H2,1-3H3/t18?,19?,24-,25+,29?,31?. The van der Waals surface area contributed by atoms with Crippen molar-refractivity contribution in [2.24, 2.45) is 23.7 Å². The van der Waals surface area contributed by atoms with Crippen molar-refractivity contribution in [3.63, 3.8) is 0 Å². The van der Waals surface area contributed by atoms with Crippen LogP contribution in [-0.4, -0.2) is 36.7 Å². The number of carbonyl (C=O) groups excluding carboxylic acids is 1. The van der Waals surface area contributed by atoms with Gasteiger partial charge in [0.25, 0.3) is 0 Å². The lowest BCUT2D eigenvalue weighted by atomic mass is 9.73. The van der Waals surface area contributed by atoms with E-state index in [0.29, 0.717) is 37.2 Å². The summed E-state index contributed by atoms with van der Waals surface area (Å²) in [5, 5.41) is 0. The summed E-state index contributed by atoms with van der Waals surface area (Å²) in [4.78, 5) is 14.4. The number of benzene rings is 2. The van der Waals surface area contributed by atoms with Gasteiger partial charge in [-0.05, 0) is 98.2 Å². The quantitative estimate of drug-likeness (QED) is 0.245. The average molecular weight is 610 g/mol. The molecule has 2 aromatic carbocycles. The Labute approximate surface area is 247 Å². The van der Waals surface area contributed by atoms with Gasteiger partial charge in [0.2, 0.25) is 0 Å². The van der Waals surface area contributed by atoms with Gasteiger partial charge in [0, 0.05) is 31.0 Å². The molecule has 2 bridgehead atoms. The van der Waals surface area contributed by atoms with Crippen molar-refractivity contribution in [1.29, 1.82) is 0 Å². The lowest BCUT2D eigenvalue weighted by Crippen LogP contribution is -2.58. The van der Waals surface area contributed by atoms with Crippen molar-refractivity contribution in [3.8, 4) is 5.75 Å². The number of fused-ring (bicyclic) bond motifs is 1. The summed E-state index contributed by atoms with van der Waals surface area (Å²) in [6.07, 6.45) is -4.07. The summed E-state index contributed by atoms with van der Waals surface area (Å²) in [5.41, 5.74) is -0.758. The molecule has 2 aliphatic carbocycles. The van der Waals surface area contributed by atoms with Crippen LogP contribution in [-0.2, 0) is 28.3 Å². The van der Waals surface area contributed by atoms with E-state index in [9.17, 15) is 31.1 Å². The zero-order valence-electron chi connectivity index (χ0n) is 24.5. The van der Waals surface area contributed by atoms with E-state index in [1.165, 1.54) is 7.11 Å². The molecule has 0 N–H and O–H groups in total. The van der Waals surface area contributed by atoms with Gasteiger partial charge in [0.05, 0.1) is 24.2 Å². The molecule has 2 aliphatic heterocycles. The molecule has 10 heteroatoms. The van der Waals surface area contributed by atoms with Crippen LogP contribution in [0, 0.1) is 23.7 Å². The molecule has 4 unspecified atom stereocenters. The Hall–Kier alpha value is -2.75. The molecule has 1 saturated heterocycles. The predicted molar refractivity (Wildman–Crippen MR) is 147 cm³/mol. The molecule has 0 radical (unpaired) electrons. The molecule has 4 aliphatic rings. The number of halogens is 6. The maximum Gasteiger partial charge on any atom is 0.416 e. The number of hydrogen-bond donors (Lipinski definition) is 0. The Kier molecular flexibility index (Phi) is 7.54. The molecule has 3 fully saturated rings. The first-order chi connectivity index (χ1) is 20.2. The van der Waals surface area contributed by atoms with Crippen LogP contribution >= 0.6 is 0 Å². The highest BCUT2D eigenvalue weighted by atomic mass is 19.4. The fourth-order valence-electron chi connectivity index (χ4n) is 8.21. The van der Waals surface area contributed by atoms with Crippen molar-refractivity contribution in [1.82, 2.24) is 4.90 Å². The highest BCUT2D eigenvalue weighted by molar-refractivity contribution is 5.73. The van der Waals surface area contributed by atoms with Crippen molar-refractivity contribution >= 4 is 5.97 Å². The number of hydrogen-bond acceptors (Lipinski definition) is 4. The Balaban J connectivity index is 1.26. The van der Waals surface area contributed by atoms with Gasteiger partial charge in [0.15, 0.2) is 0 Å². The van der Waals surface area contributed by atoms with Crippen LogP contribution in [0.2, 0.25) is 0 Å². The van der Waals surface area contributed by atoms with Gasteiger partial charge < -0.3 is 9.47 Å². The fourth-order valence-corrected chi connectivity index (χ4v) is 8.21. The second-order valence-corrected chi connectivity index (χ2v) is 13.0. The van der Waals surface area contributed by atoms with Gasteiger partial charge in [-0.3, -0.25) is 9.69 Å². The Morgan fingerprint density at radius 3 is 2.21 bits per heavy atom. The monoisotopic (exact) mass is 609 g/mol. The minimum atomic E-state index is -4.76. The Morgan fingerprint density at radius 2 is 1.63 bits per heavy atom. The minimum absolute atomic E-state index is 0.0361. The van der Waals surface area contributed by atoms with E-state index in [1.54, 1.807) is 6.92 Å². The van der Waals surface area contributed by atoms with Crippen LogP contribution < -0.4 is 4.74 Å². The third-order valence-electron chi connectivity index (χ3n) is 10.6. The number of likely N-dealkylation sites (tertiary alicyclic amines) is 1. The van der Waals surface area contributed by atoms with Crippen molar-refractivity contribution in [3.05, 3.63) is 64.2 Å². The smallest absolute Gasteiger partial charge is 0.416 e. The molecule has 4 nitrogen and oxygen atoms in total. The average Bonchev–Trinajstić information content (AvgIpc) is 3.78. The first kappa shape index (κ1) is 30.3. The number of methoxy groups -OCH3 is 1. The molecule has 2 aromatic rings. The van der Waals surface area contributed by atoms with Crippen molar-refractivity contribution in [2.75, 3.05) is 20.2 Å². The Bertz CT molecular complexity index is 1370. The SMILES string of the molecule is COC(=O)C(C)C(c1ccc2c(c1)OC1(CC2)[C@@H]2CC[C@H]1CN(C(C)c1cc(C(F)(F)F)ccc1C(F)(F)F)C2)C1CC1. The van der Waals surface area contributed by atoms with Gasteiger partial charge in [-0.25, -0.2) is 0 Å². The maximum atomic E-state index is 13.9. The number of rotatable bonds is 6. The van der Waals surface area contributed by atoms with E-state index in [4.69, 9.17) is 9.47 Å². The lowest BCUT2D eigenvalue weighted by molar-refractivity contribution is -0.146. The van der Waals surface area contributed by atoms with Crippen LogP contribution in [0.15, 0.2) is 36.4 Å². The third kappa shape index (κ3) is 5.42. The van der Waals surface area contributed by atoms with E-state index in [2.05, 4.69) is 18.2 Å². The van der Waals surface area contributed by atoms with Gasteiger partial charge in [-0.2, -0.15) is 26.3 Å². The summed E-state index contributed by atoms with van der Waals surface area (Å²) in [7, 11) is 1.41. The molecule has 43 heavy (non-hydrogen) atoms. The van der Waals surface area contributed by atoms with E-state index in [-0.39, 0.29) is 35.2 Å². The molecule has 0 amide bonds. The zero-order chi connectivity index (χ0) is 30.9. The largest absolute Gasteiger partial charge is 0.486 e. The number of nitrogens with zero attached hydrogens (tertiary/aromatic N) is 1. The molecule has 6 atom stereocenters. The second kappa shape index (κ2) is 10.7. The van der Waals surface area contributed by atoms with Crippen molar-refractivity contribution in [2.45, 2.75) is 82.3 Å². The van der Waals surface area contributed by atoms with E-state index in [1.807, 2.05) is 11.8 Å². The summed E-state index contributed by atoms with van der Waals surface area (Å²) in [5.74, 6) is 0.823. The Morgan fingerprint density at radius 1 is 0.953 bits per heavy atom. The third-order valence-corrected chi connectivity index (χ3v) is 10.6. The molecule has 0 aromatic heterocycles. The molecular formula is C33H37F6NO3. The molecular weight excluding hydrogens is 572 g/mol. The summed E-state index contributed by atoms with van der Waals surface area (Å²) in [6, 6.07) is 7.14. The fraction of sp³-hybridized carbons (Fsp3) is 0.606. The van der Waals surface area contributed by atoms with Gasteiger partial charge in [-0.1, -0.05) is 19.1 Å². The number of ether oxygens (including phenoxy) is 2. The van der Waals surface area contributed by atoms with Crippen LogP contribution in [0.1, 0.15) is 85.7 Å². The predicted octanol–water partition coefficient (Wildman–Crippen LogP) is 8.19. The summed E-state index contributed by atoms with van der Waals surface area (Å²) >= 11 is 0. The molecule has 2 saturated carbocycles. The normalized spacial score (nSPS) is 27.7. The topological polar surface area (TPSA) is 38.8 Å². The summed E-state index contributed by atoms with van der Waals surface area (Å²) < 4.78 is 94.1. The second-order valence-electron chi connectivity index (χ2n) is 13.0. The lowest BCUT2D eigenvalue weighted by Gasteiger charge is -2.51. The van der Waals surface area contributed by atoms with E-state index in [0.717, 1.165) is 55.4 Å². The van der Waals surface area contributed by atoms with E-state index >= 15 is 0 Å². The highest BCUT2D eigenvalue weighted by Crippen LogP contribution is 2.55. The number of esters is 1. The maximum absolute atomic E-state index is 13.9. The van der Waals surface area contributed by atoms with Crippen LogP contribution in [0.3, 0.4) is 0 Å². The number of piperidine rings is 1. The van der Waals surface area contributed by atoms with Crippen LogP contribution in [0.4, 0.5) is 26.3 Å². The van der Waals surface area contributed by atoms with Crippen LogP contribution in [0.5, 0.6) is 5.75 Å². The molecule has 234 valence electrons. The zero-order valence-corrected chi connectivity index (χ0v) is 24.5. The first-order valence-electron chi connectivity index (χ1n) is 15.1. The van der Waals surface area contributed by atoms with Gasteiger partial charge in [-0.15, -0.1) is 0 Å². The highest BCUT2D eigenvalue weighted by Gasteiger charge is 2.57. The summed E-state index contributed by atoms with van der Waals surface area (Å²) in [6.45, 7) is 4.38. The number of alkyl halides is 6. The molecule has 6 rings (SSSR count). The number of aryl methyl sites for hydroxylation is 1. The first-order valence-corrected chi connectivity index (χ1v) is 15.1. The van der Waals surface area contributed by atoms with Crippen LogP contribution in [0.25, 0.3) is 0 Å². The van der Waals surface area contributed by atoms with Gasteiger partial charge >= 0.3 is 18.3 Å². The van der Waals surface area contributed by atoms with E-state index < -0.39 is 35.1 Å².